The van der Waals surface area contributed by atoms with Gasteiger partial charge in [-0.15, -0.1) is 0 Å². The molecule has 0 aromatic heterocycles. The number of fused-ring (bicyclic) bond motifs is 1. The zero-order valence-corrected chi connectivity index (χ0v) is 13.2. The van der Waals surface area contributed by atoms with Crippen LogP contribution in [0.15, 0.2) is 0 Å². The topological polar surface area (TPSA) is 78.9 Å². The number of hydrogen-bond donors (Lipinski definition) is 2. The molecule has 0 spiro atoms. The molecule has 3 atom stereocenters. The van der Waals surface area contributed by atoms with Crippen molar-refractivity contribution < 1.29 is 19.4 Å². The maximum absolute atomic E-state index is 12.4. The Morgan fingerprint density at radius 1 is 1.43 bits per heavy atom. The zero-order chi connectivity index (χ0) is 15.2. The van der Waals surface area contributed by atoms with Gasteiger partial charge < -0.3 is 20.1 Å². The van der Waals surface area contributed by atoms with Crippen LogP contribution in [-0.4, -0.2) is 65.4 Å². The predicted molar refractivity (Wildman–Crippen MR) is 81.7 cm³/mol. The Bertz CT molecular complexity index is 378. The number of aliphatic carboxylic acids is 1. The molecule has 2 unspecified atom stereocenters. The van der Waals surface area contributed by atoms with Gasteiger partial charge in [0.1, 0.15) is 6.04 Å². The standard InChI is InChI=1S/C14H24N2O4S/c1-21-9-6-10(13(17)18)15-14(19)16-7-8-20-12-5-3-2-4-11(12)16/h10-12H,2-9H2,1H3,(H,15,19)(H,17,18)/t10-,11?,12?/m0/s1. The number of carbonyl (C=O) groups is 2. The van der Waals surface area contributed by atoms with Crippen LogP contribution in [0.2, 0.25) is 0 Å². The first-order valence-corrected chi connectivity index (χ1v) is 8.93. The van der Waals surface area contributed by atoms with Crippen molar-refractivity contribution >= 4 is 23.8 Å². The first-order chi connectivity index (χ1) is 10.1. The highest BCUT2D eigenvalue weighted by Gasteiger charge is 2.37. The first-order valence-electron chi connectivity index (χ1n) is 7.54. The number of morpholine rings is 1. The summed E-state index contributed by atoms with van der Waals surface area (Å²) in [7, 11) is 0. The molecule has 1 saturated carbocycles. The second kappa shape index (κ2) is 7.89. The summed E-state index contributed by atoms with van der Waals surface area (Å²) in [4.78, 5) is 25.4. The highest BCUT2D eigenvalue weighted by atomic mass is 32.2. The normalized spacial score (nSPS) is 26.8. The van der Waals surface area contributed by atoms with Crippen molar-refractivity contribution in [1.82, 2.24) is 10.2 Å². The molecule has 2 aliphatic rings. The molecule has 1 heterocycles. The smallest absolute Gasteiger partial charge is 0.326 e. The monoisotopic (exact) mass is 316 g/mol. The van der Waals surface area contributed by atoms with Crippen LogP contribution in [-0.2, 0) is 9.53 Å². The number of carbonyl (C=O) groups excluding carboxylic acids is 1. The number of carboxylic acids is 1. The van der Waals surface area contributed by atoms with E-state index in [4.69, 9.17) is 4.74 Å². The van der Waals surface area contributed by atoms with Crippen molar-refractivity contribution in [3.05, 3.63) is 0 Å². The SMILES string of the molecule is CSCC[C@H](NC(=O)N1CCOC2CCCCC21)C(=O)O. The van der Waals surface area contributed by atoms with Gasteiger partial charge in [0.25, 0.3) is 0 Å². The minimum atomic E-state index is -0.967. The van der Waals surface area contributed by atoms with Gasteiger partial charge in [0, 0.05) is 6.54 Å². The lowest BCUT2D eigenvalue weighted by molar-refractivity contribution is -0.139. The van der Waals surface area contributed by atoms with Crippen LogP contribution in [0.4, 0.5) is 4.79 Å². The highest BCUT2D eigenvalue weighted by Crippen LogP contribution is 2.28. The summed E-state index contributed by atoms with van der Waals surface area (Å²) in [6.07, 6.45) is 6.67. The Morgan fingerprint density at radius 3 is 2.90 bits per heavy atom. The van der Waals surface area contributed by atoms with Crippen molar-refractivity contribution in [1.29, 1.82) is 0 Å². The van der Waals surface area contributed by atoms with Crippen LogP contribution in [0.5, 0.6) is 0 Å². The first kappa shape index (κ1) is 16.4. The van der Waals surface area contributed by atoms with Gasteiger partial charge in [-0.1, -0.05) is 12.8 Å². The number of hydrogen-bond acceptors (Lipinski definition) is 4. The molecule has 1 aliphatic heterocycles. The Morgan fingerprint density at radius 2 is 2.19 bits per heavy atom. The molecular weight excluding hydrogens is 292 g/mol. The summed E-state index contributed by atoms with van der Waals surface area (Å²) in [5.41, 5.74) is 0. The summed E-state index contributed by atoms with van der Waals surface area (Å²) in [6.45, 7) is 1.08. The van der Waals surface area contributed by atoms with Crippen molar-refractivity contribution in [2.24, 2.45) is 0 Å². The van der Waals surface area contributed by atoms with E-state index < -0.39 is 12.0 Å². The molecule has 2 fully saturated rings. The minimum Gasteiger partial charge on any atom is -0.480 e. The molecule has 21 heavy (non-hydrogen) atoms. The molecule has 1 saturated heterocycles. The molecule has 6 nitrogen and oxygen atoms in total. The largest absolute Gasteiger partial charge is 0.480 e. The average Bonchev–Trinajstić information content (AvgIpc) is 2.50. The average molecular weight is 316 g/mol. The number of thioether (sulfide) groups is 1. The molecule has 120 valence electrons. The van der Waals surface area contributed by atoms with Gasteiger partial charge in [0.2, 0.25) is 0 Å². The van der Waals surface area contributed by atoms with Crippen molar-refractivity contribution in [3.8, 4) is 0 Å². The summed E-state index contributed by atoms with van der Waals surface area (Å²) in [6, 6.07) is -0.971. The van der Waals surface area contributed by atoms with E-state index in [1.807, 2.05) is 6.26 Å². The molecule has 2 rings (SSSR count). The number of amides is 2. The number of carboxylic acid groups (broad SMARTS) is 1. The van der Waals surface area contributed by atoms with Gasteiger partial charge in [-0.25, -0.2) is 9.59 Å². The lowest BCUT2D eigenvalue weighted by Gasteiger charge is -2.43. The lowest BCUT2D eigenvalue weighted by atomic mass is 9.90. The predicted octanol–water partition coefficient (Wildman–Crippen LogP) is 1.55. The Hall–Kier alpha value is -0.950. The number of ether oxygens (including phenoxy) is 1. The van der Waals surface area contributed by atoms with E-state index >= 15 is 0 Å². The molecule has 2 N–H and O–H groups in total. The molecule has 0 aromatic rings. The Balaban J connectivity index is 1.95. The molecule has 1 aliphatic carbocycles. The third kappa shape index (κ3) is 4.26. The second-order valence-electron chi connectivity index (χ2n) is 5.58. The summed E-state index contributed by atoms with van der Waals surface area (Å²) in [5.74, 6) is -0.252. The van der Waals surface area contributed by atoms with Crippen molar-refractivity contribution in [2.45, 2.75) is 50.3 Å². The van der Waals surface area contributed by atoms with E-state index in [1.165, 1.54) is 0 Å². The zero-order valence-electron chi connectivity index (χ0n) is 12.4. The van der Waals surface area contributed by atoms with E-state index in [-0.39, 0.29) is 18.2 Å². The second-order valence-corrected chi connectivity index (χ2v) is 6.56. The van der Waals surface area contributed by atoms with E-state index in [2.05, 4.69) is 5.32 Å². The molecule has 0 radical (unpaired) electrons. The number of urea groups is 1. The van der Waals surface area contributed by atoms with Crippen LogP contribution in [0, 0.1) is 0 Å². The van der Waals surface area contributed by atoms with Crippen LogP contribution in [0.3, 0.4) is 0 Å². The Labute approximate surface area is 129 Å². The molecular formula is C14H24N2O4S. The summed E-state index contributed by atoms with van der Waals surface area (Å²) < 4.78 is 5.74. The van der Waals surface area contributed by atoms with E-state index in [1.54, 1.807) is 16.7 Å². The number of nitrogens with one attached hydrogen (secondary N) is 1. The van der Waals surface area contributed by atoms with Crippen LogP contribution in [0.25, 0.3) is 0 Å². The van der Waals surface area contributed by atoms with Gasteiger partial charge in [0.05, 0.1) is 18.8 Å². The minimum absolute atomic E-state index is 0.0995. The number of nitrogens with zero attached hydrogens (tertiary/aromatic N) is 1. The van der Waals surface area contributed by atoms with Gasteiger partial charge in [-0.05, 0) is 31.3 Å². The third-order valence-corrected chi connectivity index (χ3v) is 4.84. The maximum Gasteiger partial charge on any atom is 0.326 e. The fraction of sp³-hybridized carbons (Fsp3) is 0.857. The van der Waals surface area contributed by atoms with Crippen molar-refractivity contribution in [3.63, 3.8) is 0 Å². The van der Waals surface area contributed by atoms with Gasteiger partial charge >= 0.3 is 12.0 Å². The Kier molecular flexibility index (Phi) is 6.17. The molecule has 0 bridgehead atoms. The molecule has 0 aromatic carbocycles. The molecule has 7 heteroatoms. The van der Waals surface area contributed by atoms with Gasteiger partial charge in [-0.3, -0.25) is 0 Å². The van der Waals surface area contributed by atoms with Crippen LogP contribution >= 0.6 is 11.8 Å². The fourth-order valence-electron chi connectivity index (χ4n) is 3.07. The number of rotatable bonds is 5. The quantitative estimate of drug-likeness (QED) is 0.804. The molecule has 2 amide bonds. The third-order valence-electron chi connectivity index (χ3n) is 4.20. The maximum atomic E-state index is 12.4. The highest BCUT2D eigenvalue weighted by molar-refractivity contribution is 7.98. The van der Waals surface area contributed by atoms with E-state index in [0.29, 0.717) is 25.3 Å². The van der Waals surface area contributed by atoms with E-state index in [0.717, 1.165) is 25.7 Å². The van der Waals surface area contributed by atoms with Crippen LogP contribution < -0.4 is 5.32 Å². The van der Waals surface area contributed by atoms with Crippen molar-refractivity contribution in [2.75, 3.05) is 25.2 Å². The summed E-state index contributed by atoms with van der Waals surface area (Å²) >= 11 is 1.58. The van der Waals surface area contributed by atoms with E-state index in [9.17, 15) is 14.7 Å². The lowest BCUT2D eigenvalue weighted by Crippen LogP contribution is -2.59. The van der Waals surface area contributed by atoms with Gasteiger partial charge in [0.15, 0.2) is 0 Å². The fourth-order valence-corrected chi connectivity index (χ4v) is 3.55. The van der Waals surface area contributed by atoms with Crippen LogP contribution in [0.1, 0.15) is 32.1 Å². The summed E-state index contributed by atoms with van der Waals surface area (Å²) in [5, 5.41) is 11.9. The van der Waals surface area contributed by atoms with Gasteiger partial charge in [-0.2, -0.15) is 11.8 Å².